The molecule has 2 aliphatic rings. The van der Waals surface area contributed by atoms with Gasteiger partial charge in [0.1, 0.15) is 5.75 Å². The first-order valence-corrected chi connectivity index (χ1v) is 10.6. The Morgan fingerprint density at radius 2 is 1.97 bits per heavy atom. The Kier molecular flexibility index (Phi) is 4.80. The molecular formula is C24H20ClN3O2. The molecule has 0 aliphatic carbocycles. The van der Waals surface area contributed by atoms with Crippen LogP contribution < -0.4 is 4.74 Å². The van der Waals surface area contributed by atoms with E-state index in [-0.39, 0.29) is 5.91 Å². The molecule has 0 spiro atoms. The maximum absolute atomic E-state index is 13.0. The number of likely N-dealkylation sites (tertiary alicyclic amines) is 1. The highest BCUT2D eigenvalue weighted by Gasteiger charge is 2.35. The summed E-state index contributed by atoms with van der Waals surface area (Å²) in [6, 6.07) is 13.3. The summed E-state index contributed by atoms with van der Waals surface area (Å²) in [6.07, 6.45) is 5.01. The van der Waals surface area contributed by atoms with Crippen LogP contribution in [0.15, 0.2) is 42.6 Å². The maximum atomic E-state index is 13.0. The Morgan fingerprint density at radius 3 is 2.77 bits per heavy atom. The van der Waals surface area contributed by atoms with Crippen LogP contribution in [0.3, 0.4) is 0 Å². The lowest BCUT2D eigenvalue weighted by Crippen LogP contribution is -2.43. The van der Waals surface area contributed by atoms with Crippen molar-refractivity contribution in [2.24, 2.45) is 0 Å². The monoisotopic (exact) mass is 417 g/mol. The van der Waals surface area contributed by atoms with E-state index in [1.165, 1.54) is 6.42 Å². The predicted octanol–water partition coefficient (Wildman–Crippen LogP) is 4.74. The third-order valence-electron chi connectivity index (χ3n) is 5.90. The third kappa shape index (κ3) is 3.28. The molecule has 0 N–H and O–H groups in total. The number of carbonyl (C=O) groups excluding carboxylic acids is 1. The van der Waals surface area contributed by atoms with Gasteiger partial charge in [-0.2, -0.15) is 5.26 Å². The summed E-state index contributed by atoms with van der Waals surface area (Å²) in [6.45, 7) is 1.60. The molecule has 1 aromatic heterocycles. The quantitative estimate of drug-likeness (QED) is 0.603. The minimum atomic E-state index is -0.516. The molecular weight excluding hydrogens is 398 g/mol. The van der Waals surface area contributed by atoms with Gasteiger partial charge in [-0.1, -0.05) is 11.6 Å². The number of nitrogens with zero attached hydrogens (tertiary/aromatic N) is 3. The third-order valence-corrected chi connectivity index (χ3v) is 6.12. The van der Waals surface area contributed by atoms with Crippen molar-refractivity contribution in [2.45, 2.75) is 31.8 Å². The zero-order valence-corrected chi connectivity index (χ0v) is 17.2. The van der Waals surface area contributed by atoms with E-state index in [2.05, 4.69) is 11.1 Å². The van der Waals surface area contributed by atoms with E-state index in [4.69, 9.17) is 16.3 Å². The van der Waals surface area contributed by atoms with Crippen LogP contribution in [0.4, 0.5) is 0 Å². The van der Waals surface area contributed by atoms with E-state index in [1.807, 2.05) is 35.2 Å². The molecule has 3 heterocycles. The normalized spacial score (nSPS) is 18.0. The summed E-state index contributed by atoms with van der Waals surface area (Å²) >= 11 is 6.45. The molecule has 150 valence electrons. The Morgan fingerprint density at radius 1 is 1.13 bits per heavy atom. The lowest BCUT2D eigenvalue weighted by molar-refractivity contribution is -0.138. The Balaban J connectivity index is 1.57. The Hall–Kier alpha value is -3.10. The number of halogens is 1. The molecule has 2 aliphatic heterocycles. The number of piperidine rings is 1. The van der Waals surface area contributed by atoms with Gasteiger partial charge in [0.05, 0.1) is 17.1 Å². The van der Waals surface area contributed by atoms with Crippen molar-refractivity contribution >= 4 is 28.4 Å². The van der Waals surface area contributed by atoms with Gasteiger partial charge in [-0.25, -0.2) is 0 Å². The lowest BCUT2D eigenvalue weighted by Gasteiger charge is -2.28. The minimum absolute atomic E-state index is 0.0549. The summed E-state index contributed by atoms with van der Waals surface area (Å²) in [4.78, 5) is 19.4. The molecule has 0 radical (unpaired) electrons. The number of pyridine rings is 1. The van der Waals surface area contributed by atoms with E-state index >= 15 is 0 Å². The largest absolute Gasteiger partial charge is 0.479 e. The van der Waals surface area contributed by atoms with Crippen molar-refractivity contribution < 1.29 is 9.53 Å². The van der Waals surface area contributed by atoms with Crippen LogP contribution in [-0.4, -0.2) is 35.0 Å². The van der Waals surface area contributed by atoms with Gasteiger partial charge in [-0.3, -0.25) is 9.78 Å². The highest BCUT2D eigenvalue weighted by atomic mass is 35.5. The van der Waals surface area contributed by atoms with Gasteiger partial charge in [-0.05, 0) is 61.2 Å². The fourth-order valence-corrected chi connectivity index (χ4v) is 4.67. The molecule has 2 aromatic carbocycles. The number of hydrogen-bond donors (Lipinski definition) is 0. The second-order valence-electron chi connectivity index (χ2n) is 7.84. The summed E-state index contributed by atoms with van der Waals surface area (Å²) in [7, 11) is 0. The average Bonchev–Trinajstić information content (AvgIpc) is 3.21. The first-order valence-electron chi connectivity index (χ1n) is 10.2. The van der Waals surface area contributed by atoms with Crippen LogP contribution in [0.1, 0.15) is 30.4 Å². The molecule has 3 aromatic rings. The zero-order chi connectivity index (χ0) is 20.7. The first-order chi connectivity index (χ1) is 14.6. The van der Waals surface area contributed by atoms with Crippen LogP contribution in [0.2, 0.25) is 5.02 Å². The Labute approximate surface area is 179 Å². The molecule has 1 amide bonds. The highest BCUT2D eigenvalue weighted by molar-refractivity contribution is 6.31. The van der Waals surface area contributed by atoms with Crippen LogP contribution in [-0.2, 0) is 11.2 Å². The molecule has 1 unspecified atom stereocenters. The van der Waals surface area contributed by atoms with Crippen molar-refractivity contribution in [3.05, 3.63) is 58.7 Å². The van der Waals surface area contributed by atoms with Gasteiger partial charge in [0.15, 0.2) is 6.10 Å². The molecule has 1 saturated heterocycles. The number of hydrogen-bond acceptors (Lipinski definition) is 4. The average molecular weight is 418 g/mol. The van der Waals surface area contributed by atoms with Crippen molar-refractivity contribution in [1.29, 1.82) is 5.26 Å². The van der Waals surface area contributed by atoms with Crippen LogP contribution >= 0.6 is 11.6 Å². The van der Waals surface area contributed by atoms with Crippen LogP contribution in [0.5, 0.6) is 5.75 Å². The van der Waals surface area contributed by atoms with Crippen molar-refractivity contribution in [3.8, 4) is 22.9 Å². The minimum Gasteiger partial charge on any atom is -0.479 e. The van der Waals surface area contributed by atoms with Gasteiger partial charge in [0, 0.05) is 47.2 Å². The number of amides is 1. The molecule has 5 nitrogen and oxygen atoms in total. The maximum Gasteiger partial charge on any atom is 0.263 e. The molecule has 0 saturated carbocycles. The molecule has 1 fully saturated rings. The van der Waals surface area contributed by atoms with E-state index in [0.29, 0.717) is 22.8 Å². The molecule has 1 atom stereocenters. The number of benzene rings is 2. The summed E-state index contributed by atoms with van der Waals surface area (Å²) in [5, 5.41) is 10.8. The fraction of sp³-hybridized carbons (Fsp3) is 0.292. The molecule has 6 heteroatoms. The van der Waals surface area contributed by atoms with E-state index in [0.717, 1.165) is 53.5 Å². The van der Waals surface area contributed by atoms with Gasteiger partial charge >= 0.3 is 0 Å². The van der Waals surface area contributed by atoms with Gasteiger partial charge in [-0.15, -0.1) is 0 Å². The topological polar surface area (TPSA) is 66.2 Å². The van der Waals surface area contributed by atoms with E-state index in [9.17, 15) is 10.1 Å². The SMILES string of the molecule is N#Cc1ccc2nccc(-c3cc(Cl)cc4c3OC(C(=O)N3CCCCC3)C4)c2c1. The number of aromatic nitrogens is 1. The summed E-state index contributed by atoms with van der Waals surface area (Å²) in [5.41, 5.74) is 4.01. The standard InChI is InChI=1S/C24H20ClN3O2/c25-17-11-16-12-22(24(29)28-8-2-1-3-9-28)30-23(16)20(13-17)18-6-7-27-21-5-4-15(14-26)10-19(18)21/h4-7,10-11,13,22H,1-3,8-9,12H2. The second-order valence-corrected chi connectivity index (χ2v) is 8.28. The molecule has 0 bridgehead atoms. The fourth-order valence-electron chi connectivity index (χ4n) is 4.43. The predicted molar refractivity (Wildman–Crippen MR) is 115 cm³/mol. The van der Waals surface area contributed by atoms with Crippen LogP contribution in [0, 0.1) is 11.3 Å². The van der Waals surface area contributed by atoms with Crippen LogP contribution in [0.25, 0.3) is 22.0 Å². The molecule has 5 rings (SSSR count). The first kappa shape index (κ1) is 18.9. The zero-order valence-electron chi connectivity index (χ0n) is 16.4. The second kappa shape index (κ2) is 7.62. The number of rotatable bonds is 2. The highest BCUT2D eigenvalue weighted by Crippen LogP contribution is 2.43. The van der Waals surface area contributed by atoms with E-state index in [1.54, 1.807) is 12.3 Å². The summed E-state index contributed by atoms with van der Waals surface area (Å²) in [5.74, 6) is 0.754. The lowest BCUT2D eigenvalue weighted by atomic mass is 9.97. The number of fused-ring (bicyclic) bond motifs is 2. The van der Waals surface area contributed by atoms with Gasteiger partial charge in [0.25, 0.3) is 5.91 Å². The number of carbonyl (C=O) groups is 1. The van der Waals surface area contributed by atoms with Gasteiger partial charge in [0.2, 0.25) is 0 Å². The summed E-state index contributed by atoms with van der Waals surface area (Å²) < 4.78 is 6.23. The van der Waals surface area contributed by atoms with Crippen molar-refractivity contribution in [2.75, 3.05) is 13.1 Å². The Bertz CT molecular complexity index is 1200. The molecule has 30 heavy (non-hydrogen) atoms. The number of nitriles is 1. The smallest absolute Gasteiger partial charge is 0.263 e. The van der Waals surface area contributed by atoms with Crippen molar-refractivity contribution in [3.63, 3.8) is 0 Å². The van der Waals surface area contributed by atoms with Crippen molar-refractivity contribution in [1.82, 2.24) is 9.88 Å². The van der Waals surface area contributed by atoms with E-state index < -0.39 is 6.10 Å². The van der Waals surface area contributed by atoms with Gasteiger partial charge < -0.3 is 9.64 Å². The number of ether oxygens (including phenoxy) is 1.